The first kappa shape index (κ1) is 15.3. The third-order valence-corrected chi connectivity index (χ3v) is 5.47. The molecule has 0 saturated carbocycles. The van der Waals surface area contributed by atoms with Crippen LogP contribution in [0.5, 0.6) is 0 Å². The minimum atomic E-state index is -1.20. The standard InChI is InChI=1S/C16H10BrNO2S2/c17-11-7-5-10(6-8-11)9-14(15(19)20)22-16-18-12-3-1-2-4-13(12)21-16/h1-9H,(H,19,20)/p-1/b14-9+. The summed E-state index contributed by atoms with van der Waals surface area (Å²) < 4.78 is 2.67. The molecule has 0 spiro atoms. The van der Waals surface area contributed by atoms with Crippen LogP contribution in [0.4, 0.5) is 0 Å². The third kappa shape index (κ3) is 3.58. The van der Waals surface area contributed by atoms with Crippen LogP contribution in [0, 0.1) is 0 Å². The lowest BCUT2D eigenvalue weighted by Crippen LogP contribution is -2.22. The van der Waals surface area contributed by atoms with Gasteiger partial charge >= 0.3 is 0 Å². The molecule has 1 aromatic heterocycles. The van der Waals surface area contributed by atoms with Crippen molar-refractivity contribution in [2.45, 2.75) is 4.34 Å². The van der Waals surface area contributed by atoms with Gasteiger partial charge in [0.15, 0.2) is 4.34 Å². The van der Waals surface area contributed by atoms with E-state index < -0.39 is 5.97 Å². The number of rotatable bonds is 4. The van der Waals surface area contributed by atoms with Gasteiger partial charge in [-0.1, -0.05) is 52.0 Å². The zero-order valence-electron chi connectivity index (χ0n) is 11.2. The van der Waals surface area contributed by atoms with Gasteiger partial charge in [-0.15, -0.1) is 11.3 Å². The molecule has 0 aliphatic rings. The second-order valence-electron chi connectivity index (χ2n) is 4.40. The average molecular weight is 391 g/mol. The molecule has 0 unspecified atom stereocenters. The van der Waals surface area contributed by atoms with Gasteiger partial charge in [0.2, 0.25) is 0 Å². The number of fused-ring (bicyclic) bond motifs is 1. The second kappa shape index (κ2) is 6.64. The van der Waals surface area contributed by atoms with Crippen molar-refractivity contribution in [1.29, 1.82) is 0 Å². The van der Waals surface area contributed by atoms with E-state index in [9.17, 15) is 9.90 Å². The van der Waals surface area contributed by atoms with Crippen LogP contribution < -0.4 is 5.11 Å². The maximum atomic E-state index is 11.4. The summed E-state index contributed by atoms with van der Waals surface area (Å²) in [7, 11) is 0. The number of thioether (sulfide) groups is 1. The molecule has 0 aliphatic carbocycles. The van der Waals surface area contributed by atoms with Gasteiger partial charge in [-0.3, -0.25) is 0 Å². The lowest BCUT2D eigenvalue weighted by Gasteiger charge is -2.06. The predicted octanol–water partition coefficient (Wildman–Crippen LogP) is 3.94. The van der Waals surface area contributed by atoms with E-state index in [4.69, 9.17) is 0 Å². The van der Waals surface area contributed by atoms with Crippen LogP contribution in [0.3, 0.4) is 0 Å². The number of benzene rings is 2. The highest BCUT2D eigenvalue weighted by Crippen LogP contribution is 2.34. The number of nitrogens with zero attached hydrogens (tertiary/aromatic N) is 1. The molecule has 0 fully saturated rings. The summed E-state index contributed by atoms with van der Waals surface area (Å²) >= 11 is 5.94. The number of carboxylic acids is 1. The number of halogens is 1. The number of carbonyl (C=O) groups excluding carboxylic acids is 1. The number of carbonyl (C=O) groups is 1. The Morgan fingerprint density at radius 3 is 2.59 bits per heavy atom. The van der Waals surface area contributed by atoms with Gasteiger partial charge in [-0.05, 0) is 35.9 Å². The highest BCUT2D eigenvalue weighted by atomic mass is 79.9. The lowest BCUT2D eigenvalue weighted by atomic mass is 10.2. The third-order valence-electron chi connectivity index (χ3n) is 2.84. The van der Waals surface area contributed by atoms with Gasteiger partial charge in [0.05, 0.1) is 16.2 Å². The number of hydrogen-bond donors (Lipinski definition) is 0. The van der Waals surface area contributed by atoms with Crippen molar-refractivity contribution < 1.29 is 9.90 Å². The molecule has 0 aliphatic heterocycles. The van der Waals surface area contributed by atoms with Crippen LogP contribution in [-0.2, 0) is 4.79 Å². The molecule has 22 heavy (non-hydrogen) atoms. The minimum Gasteiger partial charge on any atom is -0.544 e. The maximum absolute atomic E-state index is 11.4. The molecule has 6 heteroatoms. The zero-order chi connectivity index (χ0) is 15.5. The number of aromatic nitrogens is 1. The van der Waals surface area contributed by atoms with Crippen molar-refractivity contribution in [3.05, 3.63) is 63.5 Å². The number of hydrogen-bond acceptors (Lipinski definition) is 5. The Morgan fingerprint density at radius 1 is 1.18 bits per heavy atom. The van der Waals surface area contributed by atoms with Crippen molar-refractivity contribution in [3.8, 4) is 0 Å². The molecule has 110 valence electrons. The fourth-order valence-corrected chi connectivity index (χ4v) is 4.11. The van der Waals surface area contributed by atoms with Gasteiger partial charge in [0, 0.05) is 9.38 Å². The number of carboxylic acid groups (broad SMARTS) is 1. The predicted molar refractivity (Wildman–Crippen MR) is 92.6 cm³/mol. The molecule has 0 amide bonds. The first-order chi connectivity index (χ1) is 10.6. The van der Waals surface area contributed by atoms with Crippen LogP contribution in [0.25, 0.3) is 16.3 Å². The van der Waals surface area contributed by atoms with Crippen molar-refractivity contribution in [1.82, 2.24) is 4.98 Å². The van der Waals surface area contributed by atoms with Crippen molar-refractivity contribution in [2.75, 3.05) is 0 Å². The Balaban J connectivity index is 1.91. The fraction of sp³-hybridized carbons (Fsp3) is 0. The molecule has 3 rings (SSSR count). The van der Waals surface area contributed by atoms with Crippen LogP contribution in [0.2, 0.25) is 0 Å². The minimum absolute atomic E-state index is 0.140. The van der Waals surface area contributed by atoms with Gasteiger partial charge in [-0.2, -0.15) is 0 Å². The van der Waals surface area contributed by atoms with E-state index in [1.54, 1.807) is 6.08 Å². The molecule has 1 heterocycles. The molecule has 0 saturated heterocycles. The van der Waals surface area contributed by atoms with E-state index in [2.05, 4.69) is 20.9 Å². The fourth-order valence-electron chi connectivity index (χ4n) is 1.83. The summed E-state index contributed by atoms with van der Waals surface area (Å²) in [4.78, 5) is 15.9. The summed E-state index contributed by atoms with van der Waals surface area (Å²) in [5.74, 6) is -1.20. The molecular weight excluding hydrogens is 382 g/mol. The number of thiazole rings is 1. The van der Waals surface area contributed by atoms with Gasteiger partial charge in [0.25, 0.3) is 0 Å². The maximum Gasteiger partial charge on any atom is 0.155 e. The lowest BCUT2D eigenvalue weighted by molar-refractivity contribution is -0.297. The van der Waals surface area contributed by atoms with Crippen molar-refractivity contribution in [3.63, 3.8) is 0 Å². The molecular formula is C16H9BrNO2S2-. The summed E-state index contributed by atoms with van der Waals surface area (Å²) in [6.07, 6.45) is 1.60. The summed E-state index contributed by atoms with van der Waals surface area (Å²) in [5, 5.41) is 11.4. The molecule has 0 bridgehead atoms. The SMILES string of the molecule is O=C([O-])/C(=C\c1ccc(Br)cc1)Sc1nc2ccccc2s1. The molecule has 0 N–H and O–H groups in total. The van der Waals surface area contributed by atoms with Gasteiger partial charge in [0.1, 0.15) is 0 Å². The van der Waals surface area contributed by atoms with Crippen LogP contribution >= 0.6 is 39.0 Å². The Bertz CT molecular complexity index is 823. The van der Waals surface area contributed by atoms with E-state index in [0.29, 0.717) is 4.34 Å². The largest absolute Gasteiger partial charge is 0.544 e. The molecule has 3 nitrogen and oxygen atoms in total. The number of para-hydroxylation sites is 1. The van der Waals surface area contributed by atoms with E-state index >= 15 is 0 Å². The monoisotopic (exact) mass is 390 g/mol. The molecule has 3 aromatic rings. The summed E-state index contributed by atoms with van der Waals surface area (Å²) in [5.41, 5.74) is 1.67. The van der Waals surface area contributed by atoms with E-state index in [-0.39, 0.29) is 4.91 Å². The van der Waals surface area contributed by atoms with Gasteiger partial charge < -0.3 is 9.90 Å². The van der Waals surface area contributed by atoms with Gasteiger partial charge in [-0.25, -0.2) is 4.98 Å². The normalized spacial score (nSPS) is 11.8. The van der Waals surface area contributed by atoms with Crippen molar-refractivity contribution >= 4 is 61.3 Å². The quantitative estimate of drug-likeness (QED) is 0.499. The Labute approximate surface area is 143 Å². The smallest absolute Gasteiger partial charge is 0.155 e. The first-order valence-corrected chi connectivity index (χ1v) is 8.76. The Morgan fingerprint density at radius 2 is 1.91 bits per heavy atom. The van der Waals surface area contributed by atoms with Crippen LogP contribution in [-0.4, -0.2) is 11.0 Å². The molecule has 2 aromatic carbocycles. The highest BCUT2D eigenvalue weighted by Gasteiger charge is 2.08. The van der Waals surface area contributed by atoms with Crippen LogP contribution in [0.15, 0.2) is 62.2 Å². The summed E-state index contributed by atoms with van der Waals surface area (Å²) in [6.45, 7) is 0. The zero-order valence-corrected chi connectivity index (χ0v) is 14.4. The average Bonchev–Trinajstić information content (AvgIpc) is 2.91. The molecule has 0 radical (unpaired) electrons. The van der Waals surface area contributed by atoms with Crippen LogP contribution in [0.1, 0.15) is 5.56 Å². The van der Waals surface area contributed by atoms with E-state index in [0.717, 1.165) is 32.0 Å². The Kier molecular flexibility index (Phi) is 4.61. The number of aliphatic carboxylic acids is 1. The molecule has 0 atom stereocenters. The van der Waals surface area contributed by atoms with E-state index in [1.807, 2.05) is 48.5 Å². The highest BCUT2D eigenvalue weighted by molar-refractivity contribution is 9.10. The van der Waals surface area contributed by atoms with Crippen molar-refractivity contribution in [2.24, 2.45) is 0 Å². The second-order valence-corrected chi connectivity index (χ2v) is 7.63. The summed E-state index contributed by atoms with van der Waals surface area (Å²) in [6, 6.07) is 15.1. The topological polar surface area (TPSA) is 53.0 Å². The van der Waals surface area contributed by atoms with E-state index in [1.165, 1.54) is 11.3 Å². The first-order valence-electron chi connectivity index (χ1n) is 6.34. The Hall–Kier alpha value is -1.63.